The number of hydrogen-bond donors (Lipinski definition) is 1. The van der Waals surface area contributed by atoms with Gasteiger partial charge in [-0.1, -0.05) is 35.9 Å². The van der Waals surface area contributed by atoms with Crippen molar-refractivity contribution in [2.45, 2.75) is 26.4 Å². The average Bonchev–Trinajstić information content (AvgIpc) is 2.49. The quantitative estimate of drug-likeness (QED) is 0.865. The molecule has 2 rings (SSSR count). The summed E-state index contributed by atoms with van der Waals surface area (Å²) in [6, 6.07) is 14.7. The summed E-state index contributed by atoms with van der Waals surface area (Å²) < 4.78 is 13.6. The van der Waals surface area contributed by atoms with Crippen molar-refractivity contribution < 1.29 is 9.50 Å². The number of aliphatic hydroxyl groups excluding tert-OH is 1. The molecule has 3 heteroatoms. The van der Waals surface area contributed by atoms with Gasteiger partial charge in [0.25, 0.3) is 0 Å². The molecule has 1 atom stereocenters. The molecular weight excluding hydrogens is 265 g/mol. The number of aryl methyl sites for hydroxylation is 1. The van der Waals surface area contributed by atoms with Crippen molar-refractivity contribution in [3.63, 3.8) is 0 Å². The van der Waals surface area contributed by atoms with E-state index in [-0.39, 0.29) is 5.82 Å². The summed E-state index contributed by atoms with van der Waals surface area (Å²) in [4.78, 5) is 2.18. The van der Waals surface area contributed by atoms with Gasteiger partial charge in [-0.25, -0.2) is 4.39 Å². The molecule has 0 amide bonds. The maximum Gasteiger partial charge on any atom is 0.128 e. The Morgan fingerprint density at radius 2 is 1.76 bits per heavy atom. The van der Waals surface area contributed by atoms with E-state index in [9.17, 15) is 9.50 Å². The zero-order chi connectivity index (χ0) is 15.2. The molecule has 0 aliphatic heterocycles. The normalized spacial score (nSPS) is 12.2. The first-order valence-electron chi connectivity index (χ1n) is 7.36. The van der Waals surface area contributed by atoms with Gasteiger partial charge in [-0.3, -0.25) is 0 Å². The summed E-state index contributed by atoms with van der Waals surface area (Å²) in [5.74, 6) is -0.344. The third-order valence-corrected chi connectivity index (χ3v) is 3.72. The van der Waals surface area contributed by atoms with Gasteiger partial charge in [0, 0.05) is 24.3 Å². The van der Waals surface area contributed by atoms with Crippen LogP contribution in [-0.2, 0) is 0 Å². The standard InChI is InChI=1S/C18H22FNO/c1-3-20(15-10-8-14(2)9-11-15)13-12-18(21)16-6-4-5-7-17(16)19/h4-11,18,21H,3,12-13H2,1-2H3. The highest BCUT2D eigenvalue weighted by atomic mass is 19.1. The number of rotatable bonds is 6. The molecule has 112 valence electrons. The van der Waals surface area contributed by atoms with Gasteiger partial charge < -0.3 is 10.0 Å². The second-order valence-electron chi connectivity index (χ2n) is 5.24. The third-order valence-electron chi connectivity index (χ3n) is 3.72. The van der Waals surface area contributed by atoms with Crippen LogP contribution in [-0.4, -0.2) is 18.2 Å². The lowest BCUT2D eigenvalue weighted by atomic mass is 10.1. The van der Waals surface area contributed by atoms with Gasteiger partial charge in [0.15, 0.2) is 0 Å². The molecule has 21 heavy (non-hydrogen) atoms. The number of benzene rings is 2. The van der Waals surface area contributed by atoms with Crippen LogP contribution >= 0.6 is 0 Å². The Balaban J connectivity index is 2.00. The molecule has 0 fully saturated rings. The molecule has 0 aliphatic rings. The molecule has 1 N–H and O–H groups in total. The molecule has 2 aromatic carbocycles. The minimum Gasteiger partial charge on any atom is -0.388 e. The van der Waals surface area contributed by atoms with E-state index in [1.54, 1.807) is 18.2 Å². The molecule has 0 aromatic heterocycles. The lowest BCUT2D eigenvalue weighted by molar-refractivity contribution is 0.165. The number of halogens is 1. The Bertz CT molecular complexity index is 568. The van der Waals surface area contributed by atoms with Gasteiger partial charge in [0.1, 0.15) is 5.82 Å². The van der Waals surface area contributed by atoms with Gasteiger partial charge in [-0.05, 0) is 38.5 Å². The van der Waals surface area contributed by atoms with Gasteiger partial charge in [0.05, 0.1) is 6.10 Å². The largest absolute Gasteiger partial charge is 0.388 e. The van der Waals surface area contributed by atoms with Gasteiger partial charge >= 0.3 is 0 Å². The molecule has 0 saturated heterocycles. The van der Waals surface area contributed by atoms with E-state index < -0.39 is 6.10 Å². The van der Waals surface area contributed by atoms with Crippen LogP contribution in [0.15, 0.2) is 48.5 Å². The summed E-state index contributed by atoms with van der Waals surface area (Å²) in [5, 5.41) is 10.2. The monoisotopic (exact) mass is 287 g/mol. The van der Waals surface area contributed by atoms with Crippen molar-refractivity contribution in [1.82, 2.24) is 0 Å². The fourth-order valence-corrected chi connectivity index (χ4v) is 2.40. The number of aliphatic hydroxyl groups is 1. The van der Waals surface area contributed by atoms with Gasteiger partial charge in [0.2, 0.25) is 0 Å². The Labute approximate surface area is 125 Å². The van der Waals surface area contributed by atoms with E-state index in [1.165, 1.54) is 11.6 Å². The smallest absolute Gasteiger partial charge is 0.128 e. The molecule has 1 unspecified atom stereocenters. The van der Waals surface area contributed by atoms with Gasteiger partial charge in [-0.2, -0.15) is 0 Å². The highest BCUT2D eigenvalue weighted by Crippen LogP contribution is 2.22. The van der Waals surface area contributed by atoms with Crippen molar-refractivity contribution in [2.24, 2.45) is 0 Å². The van der Waals surface area contributed by atoms with Crippen molar-refractivity contribution in [2.75, 3.05) is 18.0 Å². The Kier molecular flexibility index (Phi) is 5.34. The maximum atomic E-state index is 13.6. The molecular formula is C18H22FNO. The van der Waals surface area contributed by atoms with E-state index in [0.717, 1.165) is 12.2 Å². The predicted molar refractivity (Wildman–Crippen MR) is 85.0 cm³/mol. The zero-order valence-electron chi connectivity index (χ0n) is 12.6. The highest BCUT2D eigenvalue weighted by molar-refractivity contribution is 5.47. The van der Waals surface area contributed by atoms with E-state index in [1.807, 2.05) is 0 Å². The van der Waals surface area contributed by atoms with Crippen molar-refractivity contribution in [1.29, 1.82) is 0 Å². The second-order valence-corrected chi connectivity index (χ2v) is 5.24. The van der Waals surface area contributed by atoms with E-state index in [0.29, 0.717) is 18.5 Å². The van der Waals surface area contributed by atoms with E-state index in [2.05, 4.69) is 43.0 Å². The van der Waals surface area contributed by atoms with Crippen LogP contribution in [0.5, 0.6) is 0 Å². The number of hydrogen-bond acceptors (Lipinski definition) is 2. The zero-order valence-corrected chi connectivity index (χ0v) is 12.6. The lowest BCUT2D eigenvalue weighted by Crippen LogP contribution is -2.25. The van der Waals surface area contributed by atoms with Crippen LogP contribution in [0.2, 0.25) is 0 Å². The summed E-state index contributed by atoms with van der Waals surface area (Å²) >= 11 is 0. The van der Waals surface area contributed by atoms with Crippen LogP contribution in [0.25, 0.3) is 0 Å². The molecule has 0 bridgehead atoms. The number of nitrogens with zero attached hydrogens (tertiary/aromatic N) is 1. The first kappa shape index (κ1) is 15.5. The minimum absolute atomic E-state index is 0.344. The van der Waals surface area contributed by atoms with Gasteiger partial charge in [-0.15, -0.1) is 0 Å². The molecule has 0 heterocycles. The summed E-state index contributed by atoms with van der Waals surface area (Å²) in [6.07, 6.45) is -0.270. The third kappa shape index (κ3) is 4.05. The molecule has 0 aliphatic carbocycles. The summed E-state index contributed by atoms with van der Waals surface area (Å²) in [5.41, 5.74) is 2.72. The van der Waals surface area contributed by atoms with Crippen molar-refractivity contribution in [3.05, 3.63) is 65.5 Å². The van der Waals surface area contributed by atoms with Crippen molar-refractivity contribution >= 4 is 5.69 Å². The van der Waals surface area contributed by atoms with Crippen LogP contribution < -0.4 is 4.90 Å². The summed E-state index contributed by atoms with van der Waals surface area (Å²) in [7, 11) is 0. The SMILES string of the molecule is CCN(CCC(O)c1ccccc1F)c1ccc(C)cc1. The van der Waals surface area contributed by atoms with Crippen LogP contribution in [0.3, 0.4) is 0 Å². The molecule has 0 radical (unpaired) electrons. The first-order valence-corrected chi connectivity index (χ1v) is 7.36. The topological polar surface area (TPSA) is 23.5 Å². The van der Waals surface area contributed by atoms with E-state index in [4.69, 9.17) is 0 Å². The fraction of sp³-hybridized carbons (Fsp3) is 0.333. The van der Waals surface area contributed by atoms with Crippen molar-refractivity contribution in [3.8, 4) is 0 Å². The first-order chi connectivity index (χ1) is 10.1. The van der Waals surface area contributed by atoms with Crippen LogP contribution in [0, 0.1) is 12.7 Å². The summed E-state index contributed by atoms with van der Waals surface area (Å²) in [6.45, 7) is 5.68. The fourth-order valence-electron chi connectivity index (χ4n) is 2.40. The van der Waals surface area contributed by atoms with Crippen LogP contribution in [0.4, 0.5) is 10.1 Å². The maximum absolute atomic E-state index is 13.6. The highest BCUT2D eigenvalue weighted by Gasteiger charge is 2.14. The van der Waals surface area contributed by atoms with E-state index >= 15 is 0 Å². The lowest BCUT2D eigenvalue weighted by Gasteiger charge is -2.24. The predicted octanol–water partition coefficient (Wildman–Crippen LogP) is 4.08. The minimum atomic E-state index is -0.773. The second kappa shape index (κ2) is 7.23. The molecule has 2 aromatic rings. The average molecular weight is 287 g/mol. The van der Waals surface area contributed by atoms with Crippen LogP contribution in [0.1, 0.15) is 30.6 Å². The molecule has 2 nitrogen and oxygen atoms in total. The Morgan fingerprint density at radius 3 is 2.38 bits per heavy atom. The molecule has 0 spiro atoms. The Hall–Kier alpha value is -1.87. The number of anilines is 1. The Morgan fingerprint density at radius 1 is 1.10 bits per heavy atom. The molecule has 0 saturated carbocycles.